The number of fused-ring (bicyclic) bond motifs is 1. The largest absolute Gasteiger partial charge is 0.307 e. The molecule has 1 atom stereocenters. The minimum Gasteiger partial charge on any atom is -0.307 e. The van der Waals surface area contributed by atoms with Crippen LogP contribution in [0, 0.1) is 5.82 Å². The van der Waals surface area contributed by atoms with Crippen molar-refractivity contribution in [2.24, 2.45) is 0 Å². The first-order valence-electron chi connectivity index (χ1n) is 12.4. The summed E-state index contributed by atoms with van der Waals surface area (Å²) in [7, 11) is 0. The predicted octanol–water partition coefficient (Wildman–Crippen LogP) is 5.37. The van der Waals surface area contributed by atoms with Crippen molar-refractivity contribution in [3.05, 3.63) is 95.8 Å². The number of amides is 2. The van der Waals surface area contributed by atoms with Crippen molar-refractivity contribution in [2.75, 3.05) is 16.3 Å². The average molecular weight is 472 g/mol. The first kappa shape index (κ1) is 23.2. The highest BCUT2D eigenvalue weighted by molar-refractivity contribution is 6.12. The first-order valence-corrected chi connectivity index (χ1v) is 12.4. The van der Waals surface area contributed by atoms with Crippen LogP contribution in [0.3, 0.4) is 0 Å². The standard InChI is InChI=1S/C29H30FN3O2/c30-22-12-9-15-24(18-22)33(27(34)20-31-19-21-10-3-1-4-11-21)28-25-16-7-8-17-26(25)32(29(28)35)23-13-5-2-6-14-23/h1,3-4,7-12,15-18,23,28,31H,2,5-6,13-14,19-20H2. The van der Waals surface area contributed by atoms with Crippen LogP contribution < -0.4 is 15.1 Å². The summed E-state index contributed by atoms with van der Waals surface area (Å²) in [5.74, 6) is -0.829. The average Bonchev–Trinajstić information content (AvgIpc) is 3.17. The molecule has 1 saturated carbocycles. The van der Waals surface area contributed by atoms with Crippen LogP contribution in [0.15, 0.2) is 78.9 Å². The number of hydrogen-bond acceptors (Lipinski definition) is 3. The maximum Gasteiger partial charge on any atom is 0.255 e. The van der Waals surface area contributed by atoms with Crippen LogP contribution in [-0.2, 0) is 16.1 Å². The van der Waals surface area contributed by atoms with E-state index >= 15 is 0 Å². The lowest BCUT2D eigenvalue weighted by molar-refractivity contribution is -0.124. The molecule has 0 spiro atoms. The predicted molar refractivity (Wildman–Crippen MR) is 136 cm³/mol. The van der Waals surface area contributed by atoms with Crippen LogP contribution in [0.25, 0.3) is 0 Å². The van der Waals surface area contributed by atoms with Crippen molar-refractivity contribution in [3.63, 3.8) is 0 Å². The molecular weight excluding hydrogens is 441 g/mol. The Balaban J connectivity index is 1.47. The normalized spacial score (nSPS) is 17.9. The summed E-state index contributed by atoms with van der Waals surface area (Å²) in [6.07, 6.45) is 5.29. The van der Waals surface area contributed by atoms with Gasteiger partial charge in [0.2, 0.25) is 5.91 Å². The summed E-state index contributed by atoms with van der Waals surface area (Å²) in [5.41, 5.74) is 3.10. The Hall–Kier alpha value is -3.51. The minimum absolute atomic E-state index is 0.0286. The number of anilines is 2. The Kier molecular flexibility index (Phi) is 6.91. The molecule has 180 valence electrons. The van der Waals surface area contributed by atoms with E-state index in [1.807, 2.05) is 59.5 Å². The van der Waals surface area contributed by atoms with Crippen LogP contribution in [0.5, 0.6) is 0 Å². The molecule has 1 unspecified atom stereocenters. The van der Waals surface area contributed by atoms with Gasteiger partial charge in [-0.25, -0.2) is 4.39 Å². The number of halogens is 1. The second kappa shape index (κ2) is 10.4. The third-order valence-electron chi connectivity index (χ3n) is 6.96. The fourth-order valence-electron chi connectivity index (χ4n) is 5.34. The molecule has 1 fully saturated rings. The van der Waals surface area contributed by atoms with Gasteiger partial charge in [0, 0.05) is 29.5 Å². The Morgan fingerprint density at radius 3 is 2.46 bits per heavy atom. The molecule has 3 aromatic carbocycles. The molecule has 1 heterocycles. The summed E-state index contributed by atoms with van der Waals surface area (Å²) in [6, 6.07) is 22.8. The third-order valence-corrected chi connectivity index (χ3v) is 6.96. The summed E-state index contributed by atoms with van der Waals surface area (Å²) >= 11 is 0. The molecule has 1 aliphatic carbocycles. The Morgan fingerprint density at radius 1 is 0.943 bits per heavy atom. The van der Waals surface area contributed by atoms with Crippen LogP contribution in [0.2, 0.25) is 0 Å². The second-order valence-corrected chi connectivity index (χ2v) is 9.29. The summed E-state index contributed by atoms with van der Waals surface area (Å²) in [6.45, 7) is 0.549. The van der Waals surface area contributed by atoms with Gasteiger partial charge in [-0.2, -0.15) is 0 Å². The fourth-order valence-corrected chi connectivity index (χ4v) is 5.34. The molecule has 0 bridgehead atoms. The molecule has 2 amide bonds. The highest BCUT2D eigenvalue weighted by Gasteiger charge is 2.45. The molecule has 1 N–H and O–H groups in total. The van der Waals surface area contributed by atoms with Gasteiger partial charge < -0.3 is 10.2 Å². The highest BCUT2D eigenvalue weighted by Crippen LogP contribution is 2.44. The molecule has 1 aliphatic heterocycles. The monoisotopic (exact) mass is 471 g/mol. The Bertz CT molecular complexity index is 1190. The molecule has 5 nitrogen and oxygen atoms in total. The molecule has 0 saturated heterocycles. The smallest absolute Gasteiger partial charge is 0.255 e. The van der Waals surface area contributed by atoms with E-state index in [4.69, 9.17) is 0 Å². The Morgan fingerprint density at radius 2 is 1.69 bits per heavy atom. The van der Waals surface area contributed by atoms with E-state index in [1.165, 1.54) is 23.5 Å². The lowest BCUT2D eigenvalue weighted by Crippen LogP contribution is -2.47. The molecule has 0 radical (unpaired) electrons. The van der Waals surface area contributed by atoms with Crippen molar-refractivity contribution in [3.8, 4) is 0 Å². The fraction of sp³-hybridized carbons (Fsp3) is 0.310. The zero-order valence-electron chi connectivity index (χ0n) is 19.7. The summed E-state index contributed by atoms with van der Waals surface area (Å²) < 4.78 is 14.3. The third kappa shape index (κ3) is 4.84. The SMILES string of the molecule is O=C1C(N(C(=O)CNCc2ccccc2)c2cccc(F)c2)c2ccccc2N1C1CCCCC1. The maximum atomic E-state index is 14.3. The number of rotatable bonds is 7. The van der Waals surface area contributed by atoms with Gasteiger partial charge in [0.25, 0.3) is 5.91 Å². The molecule has 3 aromatic rings. The van der Waals surface area contributed by atoms with E-state index in [-0.39, 0.29) is 24.4 Å². The first-order chi connectivity index (χ1) is 17.1. The van der Waals surface area contributed by atoms with Crippen LogP contribution >= 0.6 is 0 Å². The van der Waals surface area contributed by atoms with Crippen molar-refractivity contribution in [2.45, 2.75) is 50.7 Å². The number of para-hydroxylation sites is 1. The lowest BCUT2D eigenvalue weighted by Gasteiger charge is -2.33. The zero-order chi connectivity index (χ0) is 24.2. The summed E-state index contributed by atoms with van der Waals surface area (Å²) in [5, 5.41) is 3.19. The van der Waals surface area contributed by atoms with Gasteiger partial charge in [-0.3, -0.25) is 14.5 Å². The molecule has 2 aliphatic rings. The van der Waals surface area contributed by atoms with Crippen molar-refractivity contribution in [1.82, 2.24) is 5.32 Å². The van der Waals surface area contributed by atoms with Crippen molar-refractivity contribution < 1.29 is 14.0 Å². The Labute approximate surface area is 205 Å². The van der Waals surface area contributed by atoms with Gasteiger partial charge in [0.05, 0.1) is 6.54 Å². The van der Waals surface area contributed by atoms with Gasteiger partial charge in [0.1, 0.15) is 11.9 Å². The number of carbonyl (C=O) groups excluding carboxylic acids is 2. The number of carbonyl (C=O) groups is 2. The van der Waals surface area contributed by atoms with E-state index in [2.05, 4.69) is 5.32 Å². The quantitative estimate of drug-likeness (QED) is 0.504. The van der Waals surface area contributed by atoms with Gasteiger partial charge >= 0.3 is 0 Å². The molecular formula is C29H30FN3O2. The molecule has 6 heteroatoms. The second-order valence-electron chi connectivity index (χ2n) is 9.29. The van der Waals surface area contributed by atoms with E-state index < -0.39 is 11.9 Å². The number of nitrogens with one attached hydrogen (secondary N) is 1. The maximum absolute atomic E-state index is 14.3. The lowest BCUT2D eigenvalue weighted by atomic mass is 9.94. The van der Waals surface area contributed by atoms with Crippen LogP contribution in [0.1, 0.15) is 49.3 Å². The van der Waals surface area contributed by atoms with E-state index in [9.17, 15) is 14.0 Å². The summed E-state index contributed by atoms with van der Waals surface area (Å²) in [4.78, 5) is 31.0. The molecule has 0 aromatic heterocycles. The van der Waals surface area contributed by atoms with Gasteiger partial charge in [0.15, 0.2) is 0 Å². The topological polar surface area (TPSA) is 52.7 Å². The van der Waals surface area contributed by atoms with E-state index in [1.54, 1.807) is 12.1 Å². The molecule has 35 heavy (non-hydrogen) atoms. The number of nitrogens with zero attached hydrogens (tertiary/aromatic N) is 2. The van der Waals surface area contributed by atoms with E-state index in [0.29, 0.717) is 12.2 Å². The minimum atomic E-state index is -0.819. The van der Waals surface area contributed by atoms with Crippen LogP contribution in [-0.4, -0.2) is 24.4 Å². The van der Waals surface area contributed by atoms with Crippen LogP contribution in [0.4, 0.5) is 15.8 Å². The molecule has 5 rings (SSSR count). The van der Waals surface area contributed by atoms with Gasteiger partial charge in [-0.05, 0) is 42.7 Å². The van der Waals surface area contributed by atoms with E-state index in [0.717, 1.165) is 42.5 Å². The van der Waals surface area contributed by atoms with Gasteiger partial charge in [-0.15, -0.1) is 0 Å². The zero-order valence-corrected chi connectivity index (χ0v) is 19.7. The number of benzene rings is 3. The van der Waals surface area contributed by atoms with Gasteiger partial charge in [-0.1, -0.05) is 73.9 Å². The van der Waals surface area contributed by atoms with Crippen molar-refractivity contribution >= 4 is 23.2 Å². The highest BCUT2D eigenvalue weighted by atomic mass is 19.1. The van der Waals surface area contributed by atoms with Crippen molar-refractivity contribution in [1.29, 1.82) is 0 Å². The number of hydrogen-bond donors (Lipinski definition) is 1.